The minimum absolute atomic E-state index is 0.000111. The van der Waals surface area contributed by atoms with Gasteiger partial charge in [-0.1, -0.05) is 39.8 Å². The van der Waals surface area contributed by atoms with Crippen molar-refractivity contribution in [2.75, 3.05) is 11.9 Å². The van der Waals surface area contributed by atoms with Crippen molar-refractivity contribution in [1.29, 1.82) is 0 Å². The maximum Gasteiger partial charge on any atom is 0.349 e. The van der Waals surface area contributed by atoms with E-state index in [2.05, 4.69) is 33.0 Å². The average Bonchev–Trinajstić information content (AvgIpc) is 3.02. The molecular formula is C23H29NO5S. The standard InChI is InChI=1S/C23H29NO5S/c1-22(2)10-16(11-23(3,4)13-22)24-15-7-5-14(6-8-15)18-9-17(29-12-19(25)26)20(30-18)21(27)28/h5-9,16,24H,10-13H2,1-4H3,(H,25,26)(H,27,28). The molecule has 0 unspecified atom stereocenters. The highest BCUT2D eigenvalue weighted by Gasteiger charge is 2.38. The fourth-order valence-corrected chi connectivity index (χ4v) is 5.77. The number of anilines is 1. The van der Waals surface area contributed by atoms with E-state index < -0.39 is 18.5 Å². The summed E-state index contributed by atoms with van der Waals surface area (Å²) in [6.45, 7) is 8.73. The Morgan fingerprint density at radius 3 is 2.23 bits per heavy atom. The molecule has 3 rings (SSSR count). The Balaban J connectivity index is 1.75. The van der Waals surface area contributed by atoms with E-state index in [-0.39, 0.29) is 10.6 Å². The topological polar surface area (TPSA) is 95.9 Å². The normalized spacial score (nSPS) is 18.0. The Morgan fingerprint density at radius 2 is 1.70 bits per heavy atom. The molecule has 1 heterocycles. The Kier molecular flexibility index (Phi) is 6.13. The van der Waals surface area contributed by atoms with Crippen LogP contribution in [-0.4, -0.2) is 34.8 Å². The van der Waals surface area contributed by atoms with Crippen LogP contribution in [0.4, 0.5) is 5.69 Å². The van der Waals surface area contributed by atoms with Gasteiger partial charge in [0.25, 0.3) is 0 Å². The number of aromatic carboxylic acids is 1. The maximum atomic E-state index is 11.5. The van der Waals surface area contributed by atoms with Crippen LogP contribution in [0, 0.1) is 10.8 Å². The van der Waals surface area contributed by atoms with Crippen molar-refractivity contribution in [2.24, 2.45) is 10.8 Å². The minimum atomic E-state index is -1.15. The predicted molar refractivity (Wildman–Crippen MR) is 119 cm³/mol. The third kappa shape index (κ3) is 5.53. The molecule has 6 nitrogen and oxygen atoms in total. The van der Waals surface area contributed by atoms with Gasteiger partial charge in [0.15, 0.2) is 11.5 Å². The zero-order chi connectivity index (χ0) is 22.1. The van der Waals surface area contributed by atoms with Crippen molar-refractivity contribution < 1.29 is 24.5 Å². The highest BCUT2D eigenvalue weighted by molar-refractivity contribution is 7.17. The number of ether oxygens (including phenoxy) is 1. The van der Waals surface area contributed by atoms with Gasteiger partial charge in [0, 0.05) is 16.6 Å². The molecule has 0 bridgehead atoms. The molecule has 30 heavy (non-hydrogen) atoms. The van der Waals surface area contributed by atoms with E-state index in [0.717, 1.165) is 40.3 Å². The number of benzene rings is 1. The number of rotatable bonds is 7. The summed E-state index contributed by atoms with van der Waals surface area (Å²) >= 11 is 1.08. The lowest BCUT2D eigenvalue weighted by Crippen LogP contribution is -2.40. The number of thiophene rings is 1. The first-order chi connectivity index (χ1) is 13.9. The van der Waals surface area contributed by atoms with E-state index in [9.17, 15) is 14.7 Å². The monoisotopic (exact) mass is 431 g/mol. The summed E-state index contributed by atoms with van der Waals surface area (Å²) in [5.74, 6) is -2.20. The first kappa shape index (κ1) is 22.2. The number of hydrogen-bond acceptors (Lipinski definition) is 5. The van der Waals surface area contributed by atoms with Crippen LogP contribution in [0.2, 0.25) is 0 Å². The molecule has 1 aliphatic rings. The number of hydrogen-bond donors (Lipinski definition) is 3. The van der Waals surface area contributed by atoms with Crippen LogP contribution >= 0.6 is 11.3 Å². The second-order valence-corrected chi connectivity index (χ2v) is 10.7. The van der Waals surface area contributed by atoms with Gasteiger partial charge in [-0.2, -0.15) is 0 Å². The zero-order valence-corrected chi connectivity index (χ0v) is 18.6. The van der Waals surface area contributed by atoms with Crippen LogP contribution in [0.1, 0.15) is 56.6 Å². The van der Waals surface area contributed by atoms with Crippen molar-refractivity contribution >= 4 is 29.0 Å². The fraction of sp³-hybridized carbons (Fsp3) is 0.478. The molecule has 1 fully saturated rings. The third-order valence-electron chi connectivity index (χ3n) is 5.34. The summed E-state index contributed by atoms with van der Waals surface area (Å²) < 4.78 is 5.14. The Labute approximate surface area is 180 Å². The molecule has 162 valence electrons. The number of aliphatic carboxylic acids is 1. The largest absolute Gasteiger partial charge is 0.480 e. The molecule has 0 aliphatic heterocycles. The lowest BCUT2D eigenvalue weighted by Gasteiger charge is -2.45. The first-order valence-corrected chi connectivity index (χ1v) is 10.8. The smallest absolute Gasteiger partial charge is 0.349 e. The molecule has 0 atom stereocenters. The van der Waals surface area contributed by atoms with E-state index in [1.165, 1.54) is 6.42 Å². The number of nitrogens with one attached hydrogen (secondary N) is 1. The molecule has 0 spiro atoms. The number of carboxylic acid groups (broad SMARTS) is 2. The van der Waals surface area contributed by atoms with Gasteiger partial charge in [-0.15, -0.1) is 11.3 Å². The van der Waals surface area contributed by atoms with E-state index in [1.54, 1.807) is 6.07 Å². The van der Waals surface area contributed by atoms with Crippen LogP contribution in [0.3, 0.4) is 0 Å². The van der Waals surface area contributed by atoms with Crippen LogP contribution < -0.4 is 10.1 Å². The lowest BCUT2D eigenvalue weighted by atomic mass is 9.63. The first-order valence-electron chi connectivity index (χ1n) is 10.0. The lowest BCUT2D eigenvalue weighted by molar-refractivity contribution is -0.139. The van der Waals surface area contributed by atoms with Crippen molar-refractivity contribution in [3.63, 3.8) is 0 Å². The molecule has 7 heteroatoms. The molecule has 0 amide bonds. The molecule has 0 radical (unpaired) electrons. The summed E-state index contributed by atoms with van der Waals surface area (Å²) in [4.78, 5) is 22.9. The van der Waals surface area contributed by atoms with E-state index >= 15 is 0 Å². The summed E-state index contributed by atoms with van der Waals surface area (Å²) in [5, 5.41) is 21.8. The van der Waals surface area contributed by atoms with Crippen LogP contribution in [0.25, 0.3) is 10.4 Å². The SMILES string of the molecule is CC1(C)CC(Nc2ccc(-c3cc(OCC(=O)O)c(C(=O)O)s3)cc2)CC(C)(C)C1. The Hall–Kier alpha value is -2.54. The Bertz CT molecular complexity index is 914. The van der Waals surface area contributed by atoms with Gasteiger partial charge in [-0.3, -0.25) is 0 Å². The molecule has 2 aromatic rings. The fourth-order valence-electron chi connectivity index (χ4n) is 4.83. The maximum absolute atomic E-state index is 11.5. The molecule has 3 N–H and O–H groups in total. The number of carbonyl (C=O) groups is 2. The summed E-state index contributed by atoms with van der Waals surface area (Å²) in [6, 6.07) is 9.89. The van der Waals surface area contributed by atoms with Gasteiger partial charge >= 0.3 is 11.9 Å². The summed E-state index contributed by atoms with van der Waals surface area (Å²) in [6.07, 6.45) is 3.46. The van der Waals surface area contributed by atoms with Crippen molar-refractivity contribution in [2.45, 2.75) is 53.0 Å². The molecule has 1 aliphatic carbocycles. The highest BCUT2D eigenvalue weighted by atomic mass is 32.1. The van der Waals surface area contributed by atoms with Crippen molar-refractivity contribution in [1.82, 2.24) is 0 Å². The average molecular weight is 432 g/mol. The van der Waals surface area contributed by atoms with Gasteiger partial charge < -0.3 is 20.3 Å². The number of carboxylic acids is 2. The Morgan fingerprint density at radius 1 is 1.10 bits per heavy atom. The third-order valence-corrected chi connectivity index (χ3v) is 6.49. The van der Waals surface area contributed by atoms with Crippen LogP contribution in [0.15, 0.2) is 30.3 Å². The zero-order valence-electron chi connectivity index (χ0n) is 17.8. The minimum Gasteiger partial charge on any atom is -0.480 e. The second-order valence-electron chi connectivity index (χ2n) is 9.62. The van der Waals surface area contributed by atoms with E-state index in [4.69, 9.17) is 9.84 Å². The quantitative estimate of drug-likeness (QED) is 0.529. The van der Waals surface area contributed by atoms with Gasteiger partial charge in [0.05, 0.1) is 0 Å². The van der Waals surface area contributed by atoms with Gasteiger partial charge in [0.1, 0.15) is 5.75 Å². The van der Waals surface area contributed by atoms with E-state index in [1.807, 2.05) is 24.3 Å². The van der Waals surface area contributed by atoms with Gasteiger partial charge in [-0.05, 0) is 53.9 Å². The molecular weight excluding hydrogens is 402 g/mol. The summed E-state index contributed by atoms with van der Waals surface area (Å²) in [5.41, 5.74) is 2.50. The highest BCUT2D eigenvalue weighted by Crippen LogP contribution is 2.46. The van der Waals surface area contributed by atoms with Crippen LogP contribution in [-0.2, 0) is 4.79 Å². The molecule has 1 saturated carbocycles. The predicted octanol–water partition coefficient (Wildman–Crippen LogP) is 5.59. The van der Waals surface area contributed by atoms with Crippen LogP contribution in [0.5, 0.6) is 5.75 Å². The van der Waals surface area contributed by atoms with E-state index in [0.29, 0.717) is 16.9 Å². The van der Waals surface area contributed by atoms with Crippen molar-refractivity contribution in [3.05, 3.63) is 35.2 Å². The summed E-state index contributed by atoms with van der Waals surface area (Å²) in [7, 11) is 0. The molecule has 0 saturated heterocycles. The van der Waals surface area contributed by atoms with Crippen molar-refractivity contribution in [3.8, 4) is 16.2 Å². The molecule has 1 aromatic carbocycles. The van der Waals surface area contributed by atoms with Gasteiger partial charge in [0.2, 0.25) is 0 Å². The van der Waals surface area contributed by atoms with Gasteiger partial charge in [-0.25, -0.2) is 9.59 Å². The second kappa shape index (κ2) is 8.30. The molecule has 1 aromatic heterocycles.